The highest BCUT2D eigenvalue weighted by molar-refractivity contribution is 6.05. The Kier molecular flexibility index (Phi) is 8.85. The number of halogens is 6. The number of ether oxygens (including phenoxy) is 1. The molecule has 1 fully saturated rings. The molecular formula is C25H31F6N5O3. The second-order valence-corrected chi connectivity index (χ2v) is 9.78. The van der Waals surface area contributed by atoms with Crippen LogP contribution in [0.15, 0.2) is 24.5 Å². The molecule has 0 unspecified atom stereocenters. The van der Waals surface area contributed by atoms with Gasteiger partial charge in [-0.2, -0.15) is 26.3 Å². The van der Waals surface area contributed by atoms with Crippen LogP contribution in [-0.4, -0.2) is 55.9 Å². The van der Waals surface area contributed by atoms with Gasteiger partial charge in [0.25, 0.3) is 11.9 Å². The molecule has 1 aromatic carbocycles. The number of likely N-dealkylation sites (tertiary alicyclic amines) is 1. The zero-order chi connectivity index (χ0) is 29.3. The Labute approximate surface area is 221 Å². The summed E-state index contributed by atoms with van der Waals surface area (Å²) < 4.78 is 87.8. The van der Waals surface area contributed by atoms with Crippen LogP contribution in [0, 0.1) is 0 Å². The van der Waals surface area contributed by atoms with E-state index < -0.39 is 59.2 Å². The van der Waals surface area contributed by atoms with E-state index in [0.29, 0.717) is 25.0 Å². The molecule has 0 N–H and O–H groups in total. The number of rotatable bonds is 6. The SMILES string of the molecule is CC[C@@H]1C[C@H](N(C(=O)c2cc(C(F)(F)F)cc(C(F)(F)F)c2)c2ncn(C)n2)C[C@H](CC)N1C(=O)OC(C)C. The molecule has 0 aliphatic carbocycles. The van der Waals surface area contributed by atoms with Crippen LogP contribution in [-0.2, 0) is 24.1 Å². The van der Waals surface area contributed by atoms with Crippen LogP contribution < -0.4 is 4.90 Å². The van der Waals surface area contributed by atoms with Crippen molar-refractivity contribution in [3.63, 3.8) is 0 Å². The summed E-state index contributed by atoms with van der Waals surface area (Å²) in [6, 6.07) is -0.771. The minimum Gasteiger partial charge on any atom is -0.447 e. The van der Waals surface area contributed by atoms with E-state index in [2.05, 4.69) is 10.1 Å². The Balaban J connectivity index is 2.10. The average molecular weight is 564 g/mol. The molecule has 0 radical (unpaired) electrons. The predicted molar refractivity (Wildman–Crippen MR) is 129 cm³/mol. The second kappa shape index (κ2) is 11.4. The number of hydrogen-bond donors (Lipinski definition) is 0. The number of piperidine rings is 1. The van der Waals surface area contributed by atoms with Crippen LogP contribution in [0.2, 0.25) is 0 Å². The van der Waals surface area contributed by atoms with Gasteiger partial charge in [0.1, 0.15) is 6.33 Å². The maximum absolute atomic E-state index is 13.8. The van der Waals surface area contributed by atoms with E-state index >= 15 is 0 Å². The summed E-state index contributed by atoms with van der Waals surface area (Å²) in [6.07, 6.45) is -8.54. The molecule has 0 bridgehead atoms. The summed E-state index contributed by atoms with van der Waals surface area (Å²) in [5.41, 5.74) is -4.00. The van der Waals surface area contributed by atoms with Crippen molar-refractivity contribution >= 4 is 17.9 Å². The van der Waals surface area contributed by atoms with Crippen molar-refractivity contribution in [2.45, 2.75) is 90.0 Å². The maximum atomic E-state index is 13.8. The third kappa shape index (κ3) is 6.82. The van der Waals surface area contributed by atoms with Crippen molar-refractivity contribution in [3.8, 4) is 0 Å². The molecule has 2 amide bonds. The van der Waals surface area contributed by atoms with Crippen LogP contribution in [0.25, 0.3) is 0 Å². The molecule has 3 atom stereocenters. The van der Waals surface area contributed by atoms with Gasteiger partial charge < -0.3 is 9.64 Å². The van der Waals surface area contributed by atoms with Gasteiger partial charge >= 0.3 is 18.4 Å². The number of carbonyl (C=O) groups excluding carboxylic acids is 2. The zero-order valence-electron chi connectivity index (χ0n) is 22.2. The molecule has 0 spiro atoms. The molecule has 8 nitrogen and oxygen atoms in total. The molecular weight excluding hydrogens is 532 g/mol. The van der Waals surface area contributed by atoms with E-state index in [0.717, 1.165) is 4.90 Å². The highest BCUT2D eigenvalue weighted by atomic mass is 19.4. The number of anilines is 1. The monoisotopic (exact) mass is 563 g/mol. The Morgan fingerprint density at radius 1 is 1.00 bits per heavy atom. The van der Waals surface area contributed by atoms with Crippen LogP contribution in [0.3, 0.4) is 0 Å². The number of carbonyl (C=O) groups is 2. The first-order valence-electron chi connectivity index (χ1n) is 12.5. The summed E-state index contributed by atoms with van der Waals surface area (Å²) in [6.45, 7) is 7.10. The molecule has 2 aromatic rings. The van der Waals surface area contributed by atoms with Gasteiger partial charge in [0.15, 0.2) is 0 Å². The van der Waals surface area contributed by atoms with Crippen molar-refractivity contribution in [1.82, 2.24) is 19.7 Å². The van der Waals surface area contributed by atoms with Gasteiger partial charge in [-0.3, -0.25) is 14.4 Å². The number of aryl methyl sites for hydroxylation is 1. The Bertz CT molecular complexity index is 1130. The molecule has 216 valence electrons. The van der Waals surface area contributed by atoms with Crippen molar-refractivity contribution in [2.75, 3.05) is 4.90 Å². The number of hydrogen-bond acceptors (Lipinski definition) is 5. The van der Waals surface area contributed by atoms with Crippen LogP contribution in [0.4, 0.5) is 37.1 Å². The Hall–Kier alpha value is -3.32. The van der Waals surface area contributed by atoms with Crippen LogP contribution in [0.1, 0.15) is 74.9 Å². The smallest absolute Gasteiger partial charge is 0.416 e. The van der Waals surface area contributed by atoms with E-state index in [9.17, 15) is 35.9 Å². The van der Waals surface area contributed by atoms with Gasteiger partial charge in [-0.1, -0.05) is 13.8 Å². The highest BCUT2D eigenvalue weighted by Gasteiger charge is 2.44. The van der Waals surface area contributed by atoms with Gasteiger partial charge in [0.05, 0.1) is 17.2 Å². The first kappa shape index (κ1) is 30.2. The molecule has 14 heteroatoms. The largest absolute Gasteiger partial charge is 0.447 e. The van der Waals surface area contributed by atoms with Crippen LogP contribution in [0.5, 0.6) is 0 Å². The lowest BCUT2D eigenvalue weighted by atomic mass is 9.87. The lowest BCUT2D eigenvalue weighted by Gasteiger charge is -2.46. The van der Waals surface area contributed by atoms with Gasteiger partial charge in [-0.05, 0) is 57.7 Å². The topological polar surface area (TPSA) is 80.6 Å². The number of nitrogens with zero attached hydrogens (tertiary/aromatic N) is 5. The minimum absolute atomic E-state index is 0.0286. The fourth-order valence-corrected chi connectivity index (χ4v) is 4.82. The van der Waals surface area contributed by atoms with Crippen molar-refractivity contribution < 1.29 is 40.7 Å². The van der Waals surface area contributed by atoms with Gasteiger partial charge in [-0.25, -0.2) is 9.78 Å². The zero-order valence-corrected chi connectivity index (χ0v) is 22.2. The fraction of sp³-hybridized carbons (Fsp3) is 0.600. The van der Waals surface area contributed by atoms with E-state index in [4.69, 9.17) is 4.74 Å². The standard InChI is InChI=1S/C25H31F6N5O3/c1-6-18-11-20(12-19(7-2)35(18)23(38)39-14(3)4)36(22-32-13-34(5)33-22)21(37)15-8-16(24(26,27)28)10-17(9-15)25(29,30)31/h8-10,13-14,18-20H,6-7,11-12H2,1-5H3/t18-,19+,20+. The van der Waals surface area contributed by atoms with Crippen molar-refractivity contribution in [2.24, 2.45) is 7.05 Å². The lowest BCUT2D eigenvalue weighted by Crippen LogP contribution is -2.58. The van der Waals surface area contributed by atoms with E-state index in [1.807, 2.05) is 13.8 Å². The van der Waals surface area contributed by atoms with Crippen LogP contribution >= 0.6 is 0 Å². The molecule has 1 aliphatic heterocycles. The first-order valence-corrected chi connectivity index (χ1v) is 12.5. The molecule has 1 aliphatic rings. The van der Waals surface area contributed by atoms with Crippen molar-refractivity contribution in [1.29, 1.82) is 0 Å². The average Bonchev–Trinajstić information content (AvgIpc) is 3.26. The Morgan fingerprint density at radius 3 is 1.90 bits per heavy atom. The quantitative estimate of drug-likeness (QED) is 0.399. The highest BCUT2D eigenvalue weighted by Crippen LogP contribution is 2.38. The number of amides is 2. The summed E-state index contributed by atoms with van der Waals surface area (Å²) in [5.74, 6) is -1.27. The summed E-state index contributed by atoms with van der Waals surface area (Å²) >= 11 is 0. The molecule has 3 rings (SSSR count). The third-order valence-electron chi connectivity index (χ3n) is 6.59. The second-order valence-electron chi connectivity index (χ2n) is 9.78. The van der Waals surface area contributed by atoms with E-state index in [-0.39, 0.29) is 31.0 Å². The molecule has 1 saturated heterocycles. The molecule has 0 saturated carbocycles. The van der Waals surface area contributed by atoms with Crippen molar-refractivity contribution in [3.05, 3.63) is 41.2 Å². The van der Waals surface area contributed by atoms with Gasteiger partial charge in [-0.15, -0.1) is 5.10 Å². The summed E-state index contributed by atoms with van der Waals surface area (Å²) in [7, 11) is 1.51. The summed E-state index contributed by atoms with van der Waals surface area (Å²) in [5, 5.41) is 4.13. The maximum Gasteiger partial charge on any atom is 0.416 e. The molecule has 2 heterocycles. The van der Waals surface area contributed by atoms with E-state index in [1.165, 1.54) is 18.1 Å². The first-order chi connectivity index (χ1) is 18.1. The minimum atomic E-state index is -5.12. The number of benzene rings is 1. The predicted octanol–water partition coefficient (Wildman–Crippen LogP) is 6.07. The van der Waals surface area contributed by atoms with E-state index in [1.54, 1.807) is 18.7 Å². The summed E-state index contributed by atoms with van der Waals surface area (Å²) in [4.78, 5) is 33.4. The third-order valence-corrected chi connectivity index (χ3v) is 6.59. The van der Waals surface area contributed by atoms with Gasteiger partial charge in [0.2, 0.25) is 0 Å². The Morgan fingerprint density at radius 2 is 1.51 bits per heavy atom. The lowest BCUT2D eigenvalue weighted by molar-refractivity contribution is -0.143. The number of alkyl halides is 6. The molecule has 1 aromatic heterocycles. The normalized spacial score (nSPS) is 20.3. The molecule has 39 heavy (non-hydrogen) atoms. The van der Waals surface area contributed by atoms with Gasteiger partial charge in [0, 0.05) is 30.7 Å². The number of aromatic nitrogens is 3. The fourth-order valence-electron chi connectivity index (χ4n) is 4.82.